The normalized spacial score (nSPS) is 17.8. The number of carbonyl (C=O) groups excluding carboxylic acids is 3. The van der Waals surface area contributed by atoms with Gasteiger partial charge in [-0.05, 0) is 6.92 Å². The Labute approximate surface area is 126 Å². The van der Waals surface area contributed by atoms with E-state index >= 15 is 0 Å². The largest absolute Gasteiger partial charge is 0.351 e. The van der Waals surface area contributed by atoms with Crippen molar-refractivity contribution < 1.29 is 14.4 Å². The highest BCUT2D eigenvalue weighted by atomic mass is 32.1. The molecule has 21 heavy (non-hydrogen) atoms. The quantitative estimate of drug-likeness (QED) is 0.700. The molecule has 8 heteroatoms. The Morgan fingerprint density at radius 3 is 2.67 bits per heavy atom. The molecule has 2 rings (SSSR count). The molecule has 1 aliphatic rings. The summed E-state index contributed by atoms with van der Waals surface area (Å²) < 4.78 is 0. The molecule has 1 aromatic heterocycles. The molecule has 0 spiro atoms. The molecule has 4 amide bonds. The van der Waals surface area contributed by atoms with Gasteiger partial charge in [-0.15, -0.1) is 11.3 Å². The maximum atomic E-state index is 11.8. The summed E-state index contributed by atoms with van der Waals surface area (Å²) in [6.45, 7) is 6.44. The summed E-state index contributed by atoms with van der Waals surface area (Å²) >= 11 is 1.58. The fraction of sp³-hybridized carbons (Fsp3) is 0.538. The van der Waals surface area contributed by atoms with Crippen LogP contribution in [0.2, 0.25) is 0 Å². The van der Waals surface area contributed by atoms with Gasteiger partial charge in [0, 0.05) is 10.8 Å². The van der Waals surface area contributed by atoms with Crippen LogP contribution in [0.4, 0.5) is 4.79 Å². The third kappa shape index (κ3) is 3.78. The third-order valence-electron chi connectivity index (χ3n) is 3.10. The zero-order valence-electron chi connectivity index (χ0n) is 12.1. The molecule has 0 saturated carbocycles. The molecule has 1 atom stereocenters. The first kappa shape index (κ1) is 15.4. The smallest absolute Gasteiger partial charge is 0.322 e. The van der Waals surface area contributed by atoms with Gasteiger partial charge in [0.25, 0.3) is 5.91 Å². The van der Waals surface area contributed by atoms with E-state index in [1.54, 1.807) is 11.3 Å². The van der Waals surface area contributed by atoms with Crippen LogP contribution in [0.25, 0.3) is 0 Å². The summed E-state index contributed by atoms with van der Waals surface area (Å²) in [5.74, 6) is -0.391. The van der Waals surface area contributed by atoms with E-state index in [4.69, 9.17) is 0 Å². The van der Waals surface area contributed by atoms with Gasteiger partial charge >= 0.3 is 6.03 Å². The van der Waals surface area contributed by atoms with Gasteiger partial charge in [-0.1, -0.05) is 13.8 Å². The average molecular weight is 310 g/mol. The van der Waals surface area contributed by atoms with E-state index in [2.05, 4.69) is 34.8 Å². The van der Waals surface area contributed by atoms with Crippen molar-refractivity contribution in [2.45, 2.75) is 45.7 Å². The van der Waals surface area contributed by atoms with Gasteiger partial charge in [0.2, 0.25) is 5.91 Å². The first-order valence-corrected chi connectivity index (χ1v) is 7.52. The number of nitrogens with one attached hydrogen (secondary N) is 3. The lowest BCUT2D eigenvalue weighted by Crippen LogP contribution is -2.35. The van der Waals surface area contributed by atoms with E-state index in [-0.39, 0.29) is 12.3 Å². The van der Waals surface area contributed by atoms with Crippen LogP contribution in [0.15, 0.2) is 0 Å². The van der Waals surface area contributed by atoms with Crippen molar-refractivity contribution in [3.05, 3.63) is 15.6 Å². The first-order chi connectivity index (χ1) is 9.86. The number of imide groups is 1. The van der Waals surface area contributed by atoms with Crippen LogP contribution < -0.4 is 16.0 Å². The molecule has 1 fully saturated rings. The number of amides is 4. The molecule has 1 aromatic rings. The number of hydrogen-bond donors (Lipinski definition) is 3. The Morgan fingerprint density at radius 2 is 2.14 bits per heavy atom. The molecule has 0 aromatic carbocycles. The fourth-order valence-corrected chi connectivity index (χ4v) is 2.91. The Morgan fingerprint density at radius 1 is 1.43 bits per heavy atom. The van der Waals surface area contributed by atoms with Gasteiger partial charge in [0.05, 0.1) is 23.7 Å². The lowest BCUT2D eigenvalue weighted by molar-refractivity contribution is -0.126. The number of aryl methyl sites for hydroxylation is 1. The standard InChI is InChI=1S/C13H18N4O3S/c1-6(2)12-15-7(3)9(21-12)5-14-10(18)4-8-11(19)17-13(20)16-8/h6,8H,4-5H2,1-3H3,(H,14,18)(H2,16,17,19,20). The van der Waals surface area contributed by atoms with Crippen LogP contribution in [0.5, 0.6) is 0 Å². The van der Waals surface area contributed by atoms with E-state index in [1.807, 2.05) is 6.92 Å². The summed E-state index contributed by atoms with van der Waals surface area (Å²) in [6, 6.07) is -1.34. The van der Waals surface area contributed by atoms with Gasteiger partial charge in [0.1, 0.15) is 6.04 Å². The van der Waals surface area contributed by atoms with Crippen LogP contribution in [0.3, 0.4) is 0 Å². The molecule has 7 nitrogen and oxygen atoms in total. The van der Waals surface area contributed by atoms with Crippen molar-refractivity contribution in [1.82, 2.24) is 20.9 Å². The second-order valence-corrected chi connectivity index (χ2v) is 6.33. The minimum atomic E-state index is -0.786. The number of nitrogens with zero attached hydrogens (tertiary/aromatic N) is 1. The molecule has 1 unspecified atom stereocenters. The molecule has 1 aliphatic heterocycles. The summed E-state index contributed by atoms with van der Waals surface area (Å²) in [5, 5.41) is 8.28. The monoisotopic (exact) mass is 310 g/mol. The number of aromatic nitrogens is 1. The predicted molar refractivity (Wildman–Crippen MR) is 77.9 cm³/mol. The fourth-order valence-electron chi connectivity index (χ4n) is 1.90. The SMILES string of the molecule is Cc1nc(C(C)C)sc1CNC(=O)CC1NC(=O)NC1=O. The Kier molecular flexibility index (Phi) is 4.56. The number of urea groups is 1. The van der Waals surface area contributed by atoms with Crippen molar-refractivity contribution in [3.8, 4) is 0 Å². The summed E-state index contributed by atoms with van der Waals surface area (Å²) in [4.78, 5) is 39.6. The lowest BCUT2D eigenvalue weighted by Gasteiger charge is -2.07. The highest BCUT2D eigenvalue weighted by molar-refractivity contribution is 7.11. The summed E-state index contributed by atoms with van der Waals surface area (Å²) in [7, 11) is 0. The minimum Gasteiger partial charge on any atom is -0.351 e. The van der Waals surface area contributed by atoms with Gasteiger partial charge in [0.15, 0.2) is 0 Å². The number of thiazole rings is 1. The number of rotatable bonds is 5. The van der Waals surface area contributed by atoms with Crippen molar-refractivity contribution in [2.24, 2.45) is 0 Å². The van der Waals surface area contributed by atoms with Crippen LogP contribution >= 0.6 is 11.3 Å². The van der Waals surface area contributed by atoms with Gasteiger partial charge in [-0.25, -0.2) is 9.78 Å². The molecule has 2 heterocycles. The van der Waals surface area contributed by atoms with E-state index < -0.39 is 18.0 Å². The second kappa shape index (κ2) is 6.21. The van der Waals surface area contributed by atoms with Gasteiger partial charge in [-0.3, -0.25) is 14.9 Å². The predicted octanol–water partition coefficient (Wildman–Crippen LogP) is 0.789. The molecule has 3 N–H and O–H groups in total. The van der Waals surface area contributed by atoms with Crippen molar-refractivity contribution in [2.75, 3.05) is 0 Å². The average Bonchev–Trinajstić information content (AvgIpc) is 2.90. The molecular weight excluding hydrogens is 292 g/mol. The Bertz CT molecular complexity index is 582. The molecule has 0 radical (unpaired) electrons. The summed E-state index contributed by atoms with van der Waals surface area (Å²) in [6.07, 6.45) is -0.0630. The van der Waals surface area contributed by atoms with E-state index in [9.17, 15) is 14.4 Å². The van der Waals surface area contributed by atoms with Crippen molar-refractivity contribution in [1.29, 1.82) is 0 Å². The number of hydrogen-bond acceptors (Lipinski definition) is 5. The Hall–Kier alpha value is -1.96. The Balaban J connectivity index is 1.87. The number of carbonyl (C=O) groups is 3. The molecule has 0 aliphatic carbocycles. The maximum Gasteiger partial charge on any atom is 0.322 e. The van der Waals surface area contributed by atoms with E-state index in [0.717, 1.165) is 15.6 Å². The zero-order chi connectivity index (χ0) is 15.6. The lowest BCUT2D eigenvalue weighted by atomic mass is 10.2. The second-order valence-electron chi connectivity index (χ2n) is 5.21. The van der Waals surface area contributed by atoms with Crippen LogP contribution in [0, 0.1) is 6.92 Å². The molecule has 1 saturated heterocycles. The topological polar surface area (TPSA) is 100 Å². The van der Waals surface area contributed by atoms with Gasteiger partial charge < -0.3 is 10.6 Å². The van der Waals surface area contributed by atoms with E-state index in [1.165, 1.54) is 0 Å². The third-order valence-corrected chi connectivity index (χ3v) is 4.56. The van der Waals surface area contributed by atoms with Crippen LogP contribution in [-0.4, -0.2) is 28.9 Å². The van der Waals surface area contributed by atoms with Crippen LogP contribution in [-0.2, 0) is 16.1 Å². The first-order valence-electron chi connectivity index (χ1n) is 6.71. The van der Waals surface area contributed by atoms with E-state index in [0.29, 0.717) is 12.5 Å². The zero-order valence-corrected chi connectivity index (χ0v) is 13.0. The minimum absolute atomic E-state index is 0.0630. The maximum absolute atomic E-state index is 11.8. The molecule has 0 bridgehead atoms. The molecule has 114 valence electrons. The van der Waals surface area contributed by atoms with Gasteiger partial charge in [-0.2, -0.15) is 0 Å². The van der Waals surface area contributed by atoms with Crippen molar-refractivity contribution >= 4 is 29.2 Å². The highest BCUT2D eigenvalue weighted by Crippen LogP contribution is 2.24. The highest BCUT2D eigenvalue weighted by Gasteiger charge is 2.31. The van der Waals surface area contributed by atoms with Crippen LogP contribution in [0.1, 0.15) is 41.8 Å². The molecular formula is C13H18N4O3S. The summed E-state index contributed by atoms with van der Waals surface area (Å²) in [5.41, 5.74) is 0.913. The van der Waals surface area contributed by atoms with Crippen molar-refractivity contribution in [3.63, 3.8) is 0 Å².